The second-order valence-electron chi connectivity index (χ2n) is 21.0. The molecule has 4 aromatic heterocycles. The minimum absolute atomic E-state index is 0.0329. The summed E-state index contributed by atoms with van der Waals surface area (Å²) in [4.78, 5) is 14.2. The molecule has 10 rings (SSSR count). The topological polar surface area (TPSA) is 61.0 Å². The Labute approximate surface area is 423 Å². The van der Waals surface area contributed by atoms with Crippen molar-refractivity contribution in [1.82, 2.24) is 15.0 Å². The van der Waals surface area contributed by atoms with Gasteiger partial charge in [0.15, 0.2) is 0 Å². The van der Waals surface area contributed by atoms with Crippen LogP contribution in [-0.2, 0) is 0 Å². The highest BCUT2D eigenvalue weighted by molar-refractivity contribution is 6.09. The zero-order chi connectivity index (χ0) is 57.2. The average Bonchev–Trinajstić information content (AvgIpc) is 3.64. The number of furan rings is 1. The summed E-state index contributed by atoms with van der Waals surface area (Å²) in [6.07, 6.45) is 4.45. The van der Waals surface area contributed by atoms with Gasteiger partial charge in [0.05, 0.1) is 11.4 Å². The van der Waals surface area contributed by atoms with Crippen LogP contribution in [0.5, 0.6) is 11.5 Å². The molecule has 0 amide bonds. The normalized spacial score (nSPS) is 18.6. The Morgan fingerprint density at radius 1 is 0.565 bits per heavy atom. The first-order valence-electron chi connectivity index (χ1n) is 28.7. The summed E-state index contributed by atoms with van der Waals surface area (Å²) in [6, 6.07) is 35.8. The molecule has 1 aliphatic rings. The molecule has 9 aromatic rings. The summed E-state index contributed by atoms with van der Waals surface area (Å²) in [7, 11) is 0. The molecular weight excluding hydrogens is 843 g/mol. The second-order valence-corrected chi connectivity index (χ2v) is 21.0. The molecule has 0 aliphatic heterocycles. The van der Waals surface area contributed by atoms with Crippen LogP contribution in [0.1, 0.15) is 119 Å². The van der Waals surface area contributed by atoms with E-state index in [0.29, 0.717) is 44.5 Å². The molecule has 1 saturated carbocycles. The molecule has 0 unspecified atom stereocenters. The van der Waals surface area contributed by atoms with Crippen LogP contribution in [0, 0.1) is 64.5 Å². The SMILES string of the molecule is [2H]C([2H])([2H])c1cnc(-c2cc(Oc3cc(-c4cc(-c5ccc(-c6ccc(C7([2H])CC(C)(C)C(C)(C)C(C)(C)C7)cc6C)cc5C)c(C)cn4)c4oc5nc(C)ccc5c4c3)c(C([2H])([2H])[2H])c(-c3ccccc3)c2)cc1C([2H])([2H])[2H]. The van der Waals surface area contributed by atoms with Gasteiger partial charge in [0.2, 0.25) is 5.71 Å². The van der Waals surface area contributed by atoms with E-state index in [9.17, 15) is 1.37 Å². The molecule has 0 bridgehead atoms. The van der Waals surface area contributed by atoms with E-state index in [1.165, 1.54) is 12.1 Å². The molecule has 5 aromatic carbocycles. The van der Waals surface area contributed by atoms with Gasteiger partial charge in [-0.25, -0.2) is 4.98 Å². The van der Waals surface area contributed by atoms with Gasteiger partial charge in [0, 0.05) is 53.7 Å². The molecule has 0 radical (unpaired) electrons. The molecule has 5 nitrogen and oxygen atoms in total. The fraction of sp³-hybridized carbons (Fsp3) is 0.297. The van der Waals surface area contributed by atoms with E-state index in [0.717, 1.165) is 69.2 Å². The summed E-state index contributed by atoms with van der Waals surface area (Å²) in [6.45, 7) is 13.8. The van der Waals surface area contributed by atoms with Crippen LogP contribution in [0.2, 0.25) is 0 Å². The lowest BCUT2D eigenvalue weighted by atomic mass is 9.46. The maximum atomic E-state index is 9.90. The third-order valence-corrected chi connectivity index (χ3v) is 15.7. The minimum atomic E-state index is -2.80. The summed E-state index contributed by atoms with van der Waals surface area (Å²) >= 11 is 0. The smallest absolute Gasteiger partial charge is 0.227 e. The van der Waals surface area contributed by atoms with Crippen LogP contribution in [0.15, 0.2) is 132 Å². The van der Waals surface area contributed by atoms with E-state index in [4.69, 9.17) is 31.5 Å². The number of pyridine rings is 3. The zero-order valence-corrected chi connectivity index (χ0v) is 41.2. The van der Waals surface area contributed by atoms with Crippen molar-refractivity contribution in [3.05, 3.63) is 172 Å². The van der Waals surface area contributed by atoms with Gasteiger partial charge in [0.1, 0.15) is 17.1 Å². The zero-order valence-electron chi connectivity index (χ0n) is 51.2. The molecule has 69 heavy (non-hydrogen) atoms. The molecule has 4 heterocycles. The number of ether oxygens (including phenoxy) is 1. The van der Waals surface area contributed by atoms with Crippen LogP contribution < -0.4 is 4.74 Å². The Bertz CT molecular complexity index is 3870. The number of aryl methyl sites for hydroxylation is 6. The standard InChI is InChI=1S/C64H65N3O2/c1-37-27-57(65-35-40(37)4)47-28-54(44-17-15-14-16-18-44)43(7)59(29-47)68-49-30-55-52-22-19-42(6)67-61(52)69-60(55)56(31-49)58-32-53(41(5)36-66-58)51-24-21-46(26-39(51)3)50-23-20-45(25-38(50)2)48-33-62(8,9)64(12,13)63(10,11)34-48/h14-32,35-36,48H,33-34H2,1-13H3/i1D3,4D3,7D3,48D. The van der Waals surface area contributed by atoms with Gasteiger partial charge in [-0.05, 0) is 204 Å². The molecule has 5 heteroatoms. The predicted molar refractivity (Wildman–Crippen MR) is 287 cm³/mol. The van der Waals surface area contributed by atoms with E-state index in [2.05, 4.69) is 96.8 Å². The molecule has 0 saturated heterocycles. The first kappa shape index (κ1) is 35.3. The van der Waals surface area contributed by atoms with E-state index in [1.54, 1.807) is 42.5 Å². The Kier molecular flexibility index (Phi) is 8.68. The minimum Gasteiger partial charge on any atom is -0.457 e. The highest BCUT2D eigenvalue weighted by atomic mass is 16.5. The van der Waals surface area contributed by atoms with Gasteiger partial charge in [-0.1, -0.05) is 108 Å². The lowest BCUT2D eigenvalue weighted by Gasteiger charge is -2.59. The van der Waals surface area contributed by atoms with Gasteiger partial charge in [-0.3, -0.25) is 9.97 Å². The van der Waals surface area contributed by atoms with Crippen LogP contribution in [0.4, 0.5) is 0 Å². The van der Waals surface area contributed by atoms with Crippen LogP contribution in [-0.4, -0.2) is 15.0 Å². The van der Waals surface area contributed by atoms with Crippen molar-refractivity contribution in [2.45, 2.75) is 109 Å². The third-order valence-electron chi connectivity index (χ3n) is 15.7. The fourth-order valence-electron chi connectivity index (χ4n) is 10.5. The Balaban J connectivity index is 1.08. The van der Waals surface area contributed by atoms with Crippen molar-refractivity contribution in [2.24, 2.45) is 16.2 Å². The van der Waals surface area contributed by atoms with E-state index < -0.39 is 32.0 Å². The Hall–Kier alpha value is -6.85. The second kappa shape index (κ2) is 17.0. The fourth-order valence-corrected chi connectivity index (χ4v) is 10.5. The summed E-state index contributed by atoms with van der Waals surface area (Å²) in [5.41, 5.74) is 11.5. The van der Waals surface area contributed by atoms with Crippen molar-refractivity contribution in [3.8, 4) is 67.4 Å². The monoisotopic (exact) mass is 918 g/mol. The van der Waals surface area contributed by atoms with E-state index in [1.807, 2.05) is 44.3 Å². The van der Waals surface area contributed by atoms with Gasteiger partial charge < -0.3 is 9.15 Å². The summed E-state index contributed by atoms with van der Waals surface area (Å²) < 4.78 is 99.2. The number of benzene rings is 5. The molecule has 348 valence electrons. The maximum absolute atomic E-state index is 9.90. The van der Waals surface area contributed by atoms with Crippen LogP contribution in [0.3, 0.4) is 0 Å². The maximum Gasteiger partial charge on any atom is 0.227 e. The number of hydrogen-bond acceptors (Lipinski definition) is 5. The summed E-state index contributed by atoms with van der Waals surface area (Å²) in [5.74, 6) is -0.507. The van der Waals surface area contributed by atoms with E-state index in [-0.39, 0.29) is 50.1 Å². The Morgan fingerprint density at radius 2 is 1.29 bits per heavy atom. The van der Waals surface area contributed by atoms with Crippen molar-refractivity contribution >= 4 is 22.1 Å². The highest BCUT2D eigenvalue weighted by Gasteiger charge is 2.53. The molecular formula is C64H65N3O2. The molecule has 0 spiro atoms. The van der Waals surface area contributed by atoms with Crippen LogP contribution >= 0.6 is 0 Å². The number of nitrogens with zero attached hydrogens (tertiary/aromatic N) is 3. The quantitative estimate of drug-likeness (QED) is 0.152. The van der Waals surface area contributed by atoms with Gasteiger partial charge in [-0.15, -0.1) is 0 Å². The Morgan fingerprint density at radius 3 is 2.01 bits per heavy atom. The largest absolute Gasteiger partial charge is 0.457 e. The molecule has 1 aliphatic carbocycles. The number of hydrogen-bond donors (Lipinski definition) is 0. The number of rotatable bonds is 8. The van der Waals surface area contributed by atoms with E-state index >= 15 is 0 Å². The lowest BCUT2D eigenvalue weighted by Crippen LogP contribution is -2.49. The molecule has 0 N–H and O–H groups in total. The first-order valence-corrected chi connectivity index (χ1v) is 23.7. The average molecular weight is 918 g/mol. The van der Waals surface area contributed by atoms with Gasteiger partial charge in [-0.2, -0.15) is 0 Å². The lowest BCUT2D eigenvalue weighted by molar-refractivity contribution is -0.0744. The summed E-state index contributed by atoms with van der Waals surface area (Å²) in [5, 5.41) is 1.35. The number of aromatic nitrogens is 3. The van der Waals surface area contributed by atoms with Crippen molar-refractivity contribution < 1.29 is 22.9 Å². The number of fused-ring (bicyclic) bond motifs is 3. The first-order chi connectivity index (χ1) is 36.8. The van der Waals surface area contributed by atoms with Crippen molar-refractivity contribution in [3.63, 3.8) is 0 Å². The van der Waals surface area contributed by atoms with Crippen molar-refractivity contribution in [2.75, 3.05) is 0 Å². The predicted octanol–water partition coefficient (Wildman–Crippen LogP) is 18.0. The molecule has 0 atom stereocenters. The van der Waals surface area contributed by atoms with Crippen LogP contribution in [0.25, 0.3) is 78.0 Å². The van der Waals surface area contributed by atoms with Crippen molar-refractivity contribution in [1.29, 1.82) is 0 Å². The highest BCUT2D eigenvalue weighted by Crippen LogP contribution is 2.63. The van der Waals surface area contributed by atoms with Gasteiger partial charge >= 0.3 is 0 Å². The molecule has 1 fully saturated rings. The third kappa shape index (κ3) is 8.14. The van der Waals surface area contributed by atoms with Gasteiger partial charge in [0.25, 0.3) is 0 Å².